The Balaban J connectivity index is 1.45. The first-order chi connectivity index (χ1) is 14.7. The minimum Gasteiger partial charge on any atom is -0.341 e. The molecule has 1 aliphatic carbocycles. The molecule has 3 heterocycles. The molecule has 31 heavy (non-hydrogen) atoms. The second-order valence-corrected chi connectivity index (χ2v) is 10.1. The summed E-state index contributed by atoms with van der Waals surface area (Å²) in [6.07, 6.45) is 1.19. The van der Waals surface area contributed by atoms with E-state index < -0.39 is 12.1 Å². The van der Waals surface area contributed by atoms with Crippen LogP contribution < -0.4 is 16.1 Å². The van der Waals surface area contributed by atoms with Gasteiger partial charge in [-0.1, -0.05) is 19.8 Å². The highest BCUT2D eigenvalue weighted by atomic mass is 19.4. The molecule has 0 aromatic rings. The molecule has 7 atom stereocenters. The van der Waals surface area contributed by atoms with Crippen LogP contribution in [0.3, 0.4) is 0 Å². The molecule has 0 bridgehead atoms. The molecule has 7 unspecified atom stereocenters. The zero-order valence-electron chi connectivity index (χ0n) is 18.8. The van der Waals surface area contributed by atoms with Crippen molar-refractivity contribution in [3.05, 3.63) is 0 Å². The first-order valence-corrected chi connectivity index (χ1v) is 12.1. The average Bonchev–Trinajstić information content (AvgIpc) is 3.18. The van der Waals surface area contributed by atoms with E-state index >= 15 is 0 Å². The summed E-state index contributed by atoms with van der Waals surface area (Å²) in [6.45, 7) is 4.38. The highest BCUT2D eigenvalue weighted by Crippen LogP contribution is 2.41. The largest absolute Gasteiger partial charge is 0.391 e. The number of halogens is 3. The summed E-state index contributed by atoms with van der Waals surface area (Å²) >= 11 is 0. The number of hydrazine groups is 1. The van der Waals surface area contributed by atoms with Crippen LogP contribution in [0.4, 0.5) is 13.2 Å². The van der Waals surface area contributed by atoms with Crippen LogP contribution in [0.1, 0.15) is 58.3 Å². The first-order valence-electron chi connectivity index (χ1n) is 12.1. The zero-order valence-corrected chi connectivity index (χ0v) is 18.8. The van der Waals surface area contributed by atoms with Crippen molar-refractivity contribution in [1.82, 2.24) is 26.0 Å². The van der Waals surface area contributed by atoms with Gasteiger partial charge in [-0.05, 0) is 43.9 Å². The summed E-state index contributed by atoms with van der Waals surface area (Å²) in [5.74, 6) is -0.476. The van der Waals surface area contributed by atoms with Crippen molar-refractivity contribution in [3.8, 4) is 0 Å². The number of carbonyl (C=O) groups excluding carboxylic acids is 1. The molecule has 4 aliphatic rings. The van der Waals surface area contributed by atoms with Crippen LogP contribution in [0.2, 0.25) is 0 Å². The number of piperidine rings is 1. The number of likely N-dealkylation sites (tertiary alicyclic amines) is 1. The molecule has 3 N–H and O–H groups in total. The maximum Gasteiger partial charge on any atom is 0.391 e. The standard InChI is InChI=1S/C22H38F3N5O/c1-3-20(31)30-10-7-16-18(13-30)26-19(27-21(16)17-8-9-29(2)28-17)12-14-5-4-6-15(11-14)22(23,24)25/h14-19,21,26-28H,3-13H2,1-2H3. The molecular formula is C22H38F3N5O. The van der Waals surface area contributed by atoms with E-state index in [1.807, 2.05) is 11.8 Å². The summed E-state index contributed by atoms with van der Waals surface area (Å²) in [4.78, 5) is 14.3. The number of amides is 1. The molecule has 3 saturated heterocycles. The topological polar surface area (TPSA) is 59.6 Å². The van der Waals surface area contributed by atoms with Crippen molar-refractivity contribution in [3.63, 3.8) is 0 Å². The number of fused-ring (bicyclic) bond motifs is 1. The SMILES string of the molecule is CCC(=O)N1CCC2C(C1)NC(CC1CCCC(C(F)(F)F)C1)NC2C1CCN(C)N1. The van der Waals surface area contributed by atoms with E-state index in [0.29, 0.717) is 31.3 Å². The summed E-state index contributed by atoms with van der Waals surface area (Å²) in [6, 6.07) is 0.780. The number of hydrogen-bond donors (Lipinski definition) is 3. The van der Waals surface area contributed by atoms with Crippen molar-refractivity contribution in [2.75, 3.05) is 26.7 Å². The normalized spacial score (nSPS) is 40.0. The van der Waals surface area contributed by atoms with Crippen LogP contribution in [0.5, 0.6) is 0 Å². The lowest BCUT2D eigenvalue weighted by Crippen LogP contribution is -2.71. The van der Waals surface area contributed by atoms with Gasteiger partial charge in [0.15, 0.2) is 0 Å². The van der Waals surface area contributed by atoms with Gasteiger partial charge in [0.1, 0.15) is 0 Å². The first kappa shape index (κ1) is 23.3. The van der Waals surface area contributed by atoms with Gasteiger partial charge in [0.2, 0.25) is 5.91 Å². The number of hydrogen-bond acceptors (Lipinski definition) is 5. The Labute approximate surface area is 183 Å². The highest BCUT2D eigenvalue weighted by Gasteiger charge is 2.47. The number of nitrogens with one attached hydrogen (secondary N) is 3. The fourth-order valence-electron chi connectivity index (χ4n) is 6.38. The molecule has 0 spiro atoms. The lowest BCUT2D eigenvalue weighted by molar-refractivity contribution is -0.186. The molecule has 1 saturated carbocycles. The molecule has 1 amide bonds. The van der Waals surface area contributed by atoms with E-state index in [4.69, 9.17) is 0 Å². The lowest BCUT2D eigenvalue weighted by atomic mass is 9.76. The smallest absolute Gasteiger partial charge is 0.341 e. The van der Waals surface area contributed by atoms with Crippen LogP contribution in [0.25, 0.3) is 0 Å². The maximum atomic E-state index is 13.3. The minimum atomic E-state index is -4.08. The Morgan fingerprint density at radius 1 is 1.06 bits per heavy atom. The molecule has 4 rings (SSSR count). The van der Waals surface area contributed by atoms with Crippen molar-refractivity contribution >= 4 is 5.91 Å². The Morgan fingerprint density at radius 2 is 1.87 bits per heavy atom. The third kappa shape index (κ3) is 5.37. The monoisotopic (exact) mass is 445 g/mol. The second kappa shape index (κ2) is 9.53. The number of carbonyl (C=O) groups is 1. The Bertz CT molecular complexity index is 633. The minimum absolute atomic E-state index is 0.00683. The third-order valence-corrected chi connectivity index (χ3v) is 8.00. The van der Waals surface area contributed by atoms with E-state index in [-0.39, 0.29) is 42.9 Å². The predicted octanol–water partition coefficient (Wildman–Crippen LogP) is 2.47. The fraction of sp³-hybridized carbons (Fsp3) is 0.955. The van der Waals surface area contributed by atoms with Gasteiger partial charge in [0, 0.05) is 51.2 Å². The van der Waals surface area contributed by atoms with Gasteiger partial charge in [-0.2, -0.15) is 13.2 Å². The van der Waals surface area contributed by atoms with Crippen LogP contribution in [0, 0.1) is 17.8 Å². The van der Waals surface area contributed by atoms with Crippen molar-refractivity contribution in [2.24, 2.45) is 17.8 Å². The van der Waals surface area contributed by atoms with Crippen LogP contribution in [-0.2, 0) is 4.79 Å². The zero-order chi connectivity index (χ0) is 22.2. The molecular weight excluding hydrogens is 407 g/mol. The summed E-state index contributed by atoms with van der Waals surface area (Å²) in [5, 5.41) is 9.62. The molecule has 3 aliphatic heterocycles. The third-order valence-electron chi connectivity index (χ3n) is 8.00. The summed E-state index contributed by atoms with van der Waals surface area (Å²) in [7, 11) is 2.05. The Morgan fingerprint density at radius 3 is 2.55 bits per heavy atom. The van der Waals surface area contributed by atoms with Crippen molar-refractivity contribution < 1.29 is 18.0 Å². The molecule has 178 valence electrons. The Kier molecular flexibility index (Phi) is 7.15. The van der Waals surface area contributed by atoms with Crippen LogP contribution in [-0.4, -0.2) is 73.0 Å². The van der Waals surface area contributed by atoms with Gasteiger partial charge in [-0.3, -0.25) is 20.9 Å². The number of nitrogens with zero attached hydrogens (tertiary/aromatic N) is 2. The Hall–Kier alpha value is -0.900. The van der Waals surface area contributed by atoms with Gasteiger partial charge in [-0.15, -0.1) is 0 Å². The summed E-state index contributed by atoms with van der Waals surface area (Å²) in [5.41, 5.74) is 3.57. The molecule has 6 nitrogen and oxygen atoms in total. The van der Waals surface area contributed by atoms with Crippen LogP contribution in [0.15, 0.2) is 0 Å². The molecule has 9 heteroatoms. The van der Waals surface area contributed by atoms with E-state index in [0.717, 1.165) is 38.8 Å². The van der Waals surface area contributed by atoms with Crippen LogP contribution >= 0.6 is 0 Å². The van der Waals surface area contributed by atoms with Gasteiger partial charge in [0.05, 0.1) is 12.1 Å². The quantitative estimate of drug-likeness (QED) is 0.621. The highest BCUT2D eigenvalue weighted by molar-refractivity contribution is 5.76. The average molecular weight is 446 g/mol. The lowest BCUT2D eigenvalue weighted by Gasteiger charge is -2.51. The molecule has 0 radical (unpaired) electrons. The number of alkyl halides is 3. The fourth-order valence-corrected chi connectivity index (χ4v) is 6.38. The van der Waals surface area contributed by atoms with E-state index in [9.17, 15) is 18.0 Å². The van der Waals surface area contributed by atoms with Crippen molar-refractivity contribution in [1.29, 1.82) is 0 Å². The number of rotatable bonds is 4. The predicted molar refractivity (Wildman–Crippen MR) is 113 cm³/mol. The van der Waals surface area contributed by atoms with Gasteiger partial charge >= 0.3 is 6.18 Å². The summed E-state index contributed by atoms with van der Waals surface area (Å²) < 4.78 is 39.9. The van der Waals surface area contributed by atoms with Gasteiger partial charge in [-0.25, -0.2) is 5.01 Å². The molecule has 0 aromatic heterocycles. The van der Waals surface area contributed by atoms with Crippen molar-refractivity contribution in [2.45, 2.75) is 88.8 Å². The van der Waals surface area contributed by atoms with E-state index in [2.05, 4.69) is 28.1 Å². The van der Waals surface area contributed by atoms with E-state index in [1.165, 1.54) is 0 Å². The second-order valence-electron chi connectivity index (χ2n) is 10.1. The molecule has 0 aromatic carbocycles. The maximum absolute atomic E-state index is 13.3. The van der Waals surface area contributed by atoms with E-state index in [1.54, 1.807) is 0 Å². The molecule has 4 fully saturated rings. The van der Waals surface area contributed by atoms with Gasteiger partial charge < -0.3 is 4.90 Å². The van der Waals surface area contributed by atoms with Gasteiger partial charge in [0.25, 0.3) is 0 Å².